The van der Waals surface area contributed by atoms with Crippen LogP contribution >= 0.6 is 11.6 Å². The average molecular weight is 267 g/mol. The number of alkyl halides is 1. The van der Waals surface area contributed by atoms with E-state index < -0.39 is 0 Å². The Morgan fingerprint density at radius 3 is 2.94 bits per heavy atom. The number of rotatable bonds is 1. The van der Waals surface area contributed by atoms with Crippen LogP contribution in [0.25, 0.3) is 0 Å². The third kappa shape index (κ3) is 1.85. The Bertz CT molecular complexity index is 540. The van der Waals surface area contributed by atoms with Crippen molar-refractivity contribution < 1.29 is 4.79 Å². The Morgan fingerprint density at radius 1 is 1.33 bits per heavy atom. The summed E-state index contributed by atoms with van der Waals surface area (Å²) in [6, 6.07) is 5.40. The van der Waals surface area contributed by atoms with Gasteiger partial charge < -0.3 is 9.47 Å². The Hall–Kier alpha value is -1.29. The van der Waals surface area contributed by atoms with E-state index in [-0.39, 0.29) is 23.3 Å². The molecule has 96 valence electrons. The lowest BCUT2D eigenvalue weighted by molar-refractivity contribution is -0.131. The highest BCUT2D eigenvalue weighted by atomic mass is 35.5. The maximum Gasteiger partial charge on any atom is 0.250 e. The molecule has 2 bridgehead atoms. The number of fused-ring (bicyclic) bond motifs is 4. The molecule has 0 saturated carbocycles. The largest absolute Gasteiger partial charge is 0.341 e. The van der Waals surface area contributed by atoms with Crippen molar-refractivity contribution in [2.75, 3.05) is 19.0 Å². The van der Waals surface area contributed by atoms with E-state index in [4.69, 9.17) is 11.6 Å². The molecule has 1 aromatic rings. The lowest BCUT2D eigenvalue weighted by Crippen LogP contribution is -2.49. The smallest absolute Gasteiger partial charge is 0.250 e. The third-order valence-corrected chi connectivity index (χ3v) is 4.18. The molecule has 1 saturated heterocycles. The third-order valence-electron chi connectivity index (χ3n) is 3.95. The van der Waals surface area contributed by atoms with Gasteiger partial charge in [0, 0.05) is 37.3 Å². The van der Waals surface area contributed by atoms with Gasteiger partial charge in [-0.2, -0.15) is 0 Å². The van der Waals surface area contributed by atoms with Crippen LogP contribution in [-0.4, -0.2) is 34.3 Å². The molecule has 0 unspecified atom stereocenters. The van der Waals surface area contributed by atoms with Crippen molar-refractivity contribution in [3.63, 3.8) is 0 Å². The van der Waals surface area contributed by atoms with Crippen molar-refractivity contribution in [1.29, 1.82) is 0 Å². The van der Waals surface area contributed by atoms with Crippen LogP contribution < -0.4 is 5.56 Å². The van der Waals surface area contributed by atoms with Crippen molar-refractivity contribution >= 4 is 17.5 Å². The molecule has 0 aromatic carbocycles. The van der Waals surface area contributed by atoms with Crippen molar-refractivity contribution in [2.45, 2.75) is 18.9 Å². The van der Waals surface area contributed by atoms with Crippen molar-refractivity contribution in [3.05, 3.63) is 34.2 Å². The van der Waals surface area contributed by atoms with Crippen molar-refractivity contribution in [3.8, 4) is 0 Å². The monoisotopic (exact) mass is 266 g/mol. The number of hydrogen-bond acceptors (Lipinski definition) is 2. The molecular weight excluding hydrogens is 252 g/mol. The molecule has 0 spiro atoms. The van der Waals surface area contributed by atoms with Crippen LogP contribution in [0.15, 0.2) is 23.0 Å². The maximum absolute atomic E-state index is 11.8. The summed E-state index contributed by atoms with van der Waals surface area (Å²) in [5.74, 6) is 0.696. The molecule has 0 aliphatic carbocycles. The predicted molar refractivity (Wildman–Crippen MR) is 68.9 cm³/mol. The highest BCUT2D eigenvalue weighted by Gasteiger charge is 2.35. The Morgan fingerprint density at radius 2 is 2.17 bits per heavy atom. The number of carbonyl (C=O) groups excluding carboxylic acids is 1. The number of pyridine rings is 1. The van der Waals surface area contributed by atoms with E-state index >= 15 is 0 Å². The average Bonchev–Trinajstić information content (AvgIpc) is 2.39. The first-order valence-electron chi connectivity index (χ1n) is 6.22. The minimum atomic E-state index is -0.00176. The Balaban J connectivity index is 1.95. The second-order valence-electron chi connectivity index (χ2n) is 5.13. The lowest BCUT2D eigenvalue weighted by Gasteiger charge is -2.42. The topological polar surface area (TPSA) is 42.3 Å². The minimum Gasteiger partial charge on any atom is -0.341 e. The SMILES string of the molecule is O=C(CCl)N1C[C@@H]2C[C@@H](C1)c1cccc(=O)n1C2. The zero-order valence-electron chi connectivity index (χ0n) is 10.0. The van der Waals surface area contributed by atoms with E-state index in [1.54, 1.807) is 12.1 Å². The fourth-order valence-corrected chi connectivity index (χ4v) is 3.35. The van der Waals surface area contributed by atoms with E-state index in [0.29, 0.717) is 12.5 Å². The van der Waals surface area contributed by atoms with Gasteiger partial charge in [-0.1, -0.05) is 6.07 Å². The van der Waals surface area contributed by atoms with E-state index in [0.717, 1.165) is 25.2 Å². The molecule has 0 N–H and O–H groups in total. The summed E-state index contributed by atoms with van der Waals surface area (Å²) in [5, 5.41) is 0. The summed E-state index contributed by atoms with van der Waals surface area (Å²) in [7, 11) is 0. The molecule has 0 radical (unpaired) electrons. The molecule has 1 aromatic heterocycles. The molecule has 2 aliphatic rings. The van der Waals surface area contributed by atoms with E-state index in [2.05, 4.69) is 0 Å². The summed E-state index contributed by atoms with van der Waals surface area (Å²) >= 11 is 5.62. The number of halogens is 1. The van der Waals surface area contributed by atoms with Gasteiger partial charge in [-0.3, -0.25) is 9.59 Å². The molecule has 5 heteroatoms. The standard InChI is InChI=1S/C13H15ClN2O2/c14-5-13(18)15-6-9-4-10(8-15)11-2-1-3-12(17)16(11)7-9/h1-3,9-10H,4-8H2/t9-,10-/m0/s1. The minimum absolute atomic E-state index is 0.00176. The second-order valence-corrected chi connectivity index (χ2v) is 5.40. The fourth-order valence-electron chi connectivity index (χ4n) is 3.18. The molecule has 1 fully saturated rings. The van der Waals surface area contributed by atoms with E-state index in [1.165, 1.54) is 0 Å². The highest BCUT2D eigenvalue weighted by molar-refractivity contribution is 6.27. The van der Waals surface area contributed by atoms with Crippen LogP contribution in [0.5, 0.6) is 0 Å². The van der Waals surface area contributed by atoms with Crippen LogP contribution in [-0.2, 0) is 11.3 Å². The fraction of sp³-hybridized carbons (Fsp3) is 0.538. The van der Waals surface area contributed by atoms with Gasteiger partial charge in [-0.15, -0.1) is 11.6 Å². The zero-order valence-corrected chi connectivity index (χ0v) is 10.8. The number of aromatic nitrogens is 1. The number of hydrogen-bond donors (Lipinski definition) is 0. The molecule has 4 nitrogen and oxygen atoms in total. The normalized spacial score (nSPS) is 25.7. The summed E-state index contributed by atoms with van der Waals surface area (Å²) in [4.78, 5) is 25.4. The van der Waals surface area contributed by atoms with Gasteiger partial charge in [-0.25, -0.2) is 0 Å². The Labute approximate surface area is 110 Å². The molecule has 2 aliphatic heterocycles. The van der Waals surface area contributed by atoms with Crippen molar-refractivity contribution in [1.82, 2.24) is 9.47 Å². The lowest BCUT2D eigenvalue weighted by atomic mass is 9.83. The van der Waals surface area contributed by atoms with E-state index in [9.17, 15) is 9.59 Å². The maximum atomic E-state index is 11.8. The second kappa shape index (κ2) is 4.43. The van der Waals surface area contributed by atoms with Crippen LogP contribution in [0.3, 0.4) is 0 Å². The van der Waals surface area contributed by atoms with Gasteiger partial charge in [0.05, 0.1) is 0 Å². The van der Waals surface area contributed by atoms with Gasteiger partial charge in [0.15, 0.2) is 0 Å². The van der Waals surface area contributed by atoms with Crippen LogP contribution in [0, 0.1) is 5.92 Å². The number of likely N-dealkylation sites (tertiary alicyclic amines) is 1. The zero-order chi connectivity index (χ0) is 12.7. The summed E-state index contributed by atoms with van der Waals surface area (Å²) in [5.41, 5.74) is 1.13. The van der Waals surface area contributed by atoms with Gasteiger partial charge in [-0.05, 0) is 18.4 Å². The van der Waals surface area contributed by atoms with Gasteiger partial charge in [0.1, 0.15) is 5.88 Å². The molecule has 18 heavy (non-hydrogen) atoms. The molecule has 2 atom stereocenters. The van der Waals surface area contributed by atoms with Crippen LogP contribution in [0.4, 0.5) is 0 Å². The van der Waals surface area contributed by atoms with Gasteiger partial charge >= 0.3 is 0 Å². The molecule has 3 heterocycles. The van der Waals surface area contributed by atoms with E-state index in [1.807, 2.05) is 15.5 Å². The number of carbonyl (C=O) groups is 1. The first-order valence-corrected chi connectivity index (χ1v) is 6.76. The quantitative estimate of drug-likeness (QED) is 0.713. The van der Waals surface area contributed by atoms with Gasteiger partial charge in [0.25, 0.3) is 5.56 Å². The molecule has 3 rings (SSSR count). The summed E-state index contributed by atoms with van der Waals surface area (Å²) in [6.07, 6.45) is 1.06. The summed E-state index contributed by atoms with van der Waals surface area (Å²) in [6.45, 7) is 2.13. The van der Waals surface area contributed by atoms with Crippen LogP contribution in [0.2, 0.25) is 0 Å². The van der Waals surface area contributed by atoms with Crippen LogP contribution in [0.1, 0.15) is 18.0 Å². The molecular formula is C13H15ClN2O2. The number of piperidine rings is 1. The first-order chi connectivity index (χ1) is 8.69. The number of amides is 1. The Kier molecular flexibility index (Phi) is 2.90. The first kappa shape index (κ1) is 11.8. The predicted octanol–water partition coefficient (Wildman–Crippen LogP) is 1.03. The van der Waals surface area contributed by atoms with Gasteiger partial charge in [0.2, 0.25) is 5.91 Å². The number of nitrogens with zero attached hydrogens (tertiary/aromatic N) is 2. The van der Waals surface area contributed by atoms with Crippen molar-refractivity contribution in [2.24, 2.45) is 5.92 Å². The highest BCUT2D eigenvalue weighted by Crippen LogP contribution is 2.34. The summed E-state index contributed by atoms with van der Waals surface area (Å²) < 4.78 is 1.86. The molecule has 1 amide bonds.